The summed E-state index contributed by atoms with van der Waals surface area (Å²) in [4.78, 5) is 3.61. The molecule has 0 atom stereocenters. The molecule has 0 bridgehead atoms. The van der Waals surface area contributed by atoms with Gasteiger partial charge in [0.1, 0.15) is 17.0 Å². The second-order valence-electron chi connectivity index (χ2n) is 3.89. The van der Waals surface area contributed by atoms with E-state index in [1.807, 2.05) is 0 Å². The average Bonchev–Trinajstić information content (AvgIpc) is 2.35. The quantitative estimate of drug-likeness (QED) is 0.762. The van der Waals surface area contributed by atoms with Crippen LogP contribution < -0.4 is 4.74 Å². The Balaban J connectivity index is 2.49. The summed E-state index contributed by atoms with van der Waals surface area (Å²) >= 11 is 5.82. The number of hydrogen-bond donors (Lipinski definition) is 0. The SMILES string of the molecule is FC(F)c1cc(Cl)c2cccc(OCC(F)(F)F)c2n1. The summed E-state index contributed by atoms with van der Waals surface area (Å²) in [5.41, 5.74) is -0.745. The summed E-state index contributed by atoms with van der Waals surface area (Å²) in [7, 11) is 0. The summed E-state index contributed by atoms with van der Waals surface area (Å²) in [6.07, 6.45) is -7.42. The summed E-state index contributed by atoms with van der Waals surface area (Å²) in [6, 6.07) is 5.05. The molecular weight excluding hydrogens is 305 g/mol. The molecule has 0 fully saturated rings. The van der Waals surface area contributed by atoms with Crippen LogP contribution in [0.5, 0.6) is 5.75 Å². The maximum Gasteiger partial charge on any atom is 0.422 e. The molecule has 0 unspecified atom stereocenters. The lowest BCUT2D eigenvalue weighted by Crippen LogP contribution is -2.19. The fourth-order valence-corrected chi connectivity index (χ4v) is 1.85. The van der Waals surface area contributed by atoms with E-state index in [2.05, 4.69) is 9.72 Å². The van der Waals surface area contributed by atoms with Crippen LogP contribution in [0.2, 0.25) is 5.02 Å². The van der Waals surface area contributed by atoms with Gasteiger partial charge in [-0.1, -0.05) is 23.7 Å². The molecule has 8 heteroatoms. The molecule has 2 aromatic rings. The highest BCUT2D eigenvalue weighted by Crippen LogP contribution is 2.33. The molecule has 0 saturated heterocycles. The maximum absolute atomic E-state index is 12.6. The Morgan fingerprint density at radius 3 is 2.55 bits per heavy atom. The number of rotatable bonds is 3. The number of nitrogens with zero attached hydrogens (tertiary/aromatic N) is 1. The van der Waals surface area contributed by atoms with Crippen molar-refractivity contribution in [2.45, 2.75) is 12.6 Å². The second kappa shape index (κ2) is 5.40. The van der Waals surface area contributed by atoms with Crippen molar-refractivity contribution in [1.29, 1.82) is 0 Å². The van der Waals surface area contributed by atoms with Crippen LogP contribution in [-0.4, -0.2) is 17.8 Å². The summed E-state index contributed by atoms with van der Waals surface area (Å²) in [5.74, 6) is -0.246. The van der Waals surface area contributed by atoms with Crippen molar-refractivity contribution in [3.63, 3.8) is 0 Å². The van der Waals surface area contributed by atoms with Gasteiger partial charge in [-0.3, -0.25) is 0 Å². The van der Waals surface area contributed by atoms with Gasteiger partial charge in [0.25, 0.3) is 6.43 Å². The minimum atomic E-state index is -4.54. The molecule has 1 aromatic heterocycles. The zero-order chi connectivity index (χ0) is 14.9. The van der Waals surface area contributed by atoms with Crippen LogP contribution in [0.1, 0.15) is 12.1 Å². The Labute approximate surface area is 115 Å². The van der Waals surface area contributed by atoms with E-state index in [9.17, 15) is 22.0 Å². The lowest BCUT2D eigenvalue weighted by atomic mass is 10.2. The van der Waals surface area contributed by atoms with E-state index in [0.717, 1.165) is 6.07 Å². The molecule has 0 spiro atoms. The van der Waals surface area contributed by atoms with Gasteiger partial charge in [-0.2, -0.15) is 13.2 Å². The van der Waals surface area contributed by atoms with Gasteiger partial charge < -0.3 is 4.74 Å². The number of alkyl halides is 5. The third kappa shape index (κ3) is 3.27. The summed E-state index contributed by atoms with van der Waals surface area (Å²) < 4.78 is 66.3. The van der Waals surface area contributed by atoms with Gasteiger partial charge in [0, 0.05) is 5.39 Å². The van der Waals surface area contributed by atoms with Gasteiger partial charge in [-0.25, -0.2) is 13.8 Å². The minimum Gasteiger partial charge on any atom is -0.482 e. The lowest BCUT2D eigenvalue weighted by molar-refractivity contribution is -0.153. The first-order chi connectivity index (χ1) is 9.28. The minimum absolute atomic E-state index is 0.0252. The topological polar surface area (TPSA) is 22.1 Å². The van der Waals surface area contributed by atoms with Gasteiger partial charge in [0.05, 0.1) is 5.02 Å². The maximum atomic E-state index is 12.6. The first kappa shape index (κ1) is 14.8. The van der Waals surface area contributed by atoms with Crippen molar-refractivity contribution >= 4 is 22.5 Å². The first-order valence-electron chi connectivity index (χ1n) is 5.35. The van der Waals surface area contributed by atoms with E-state index in [-0.39, 0.29) is 21.7 Å². The highest BCUT2D eigenvalue weighted by Gasteiger charge is 2.29. The Morgan fingerprint density at radius 1 is 1.25 bits per heavy atom. The van der Waals surface area contributed by atoms with Crippen molar-refractivity contribution < 1.29 is 26.7 Å². The molecule has 1 aromatic carbocycles. The van der Waals surface area contributed by atoms with Crippen molar-refractivity contribution in [3.8, 4) is 5.75 Å². The van der Waals surface area contributed by atoms with Crippen LogP contribution in [-0.2, 0) is 0 Å². The normalized spacial score (nSPS) is 12.2. The Bertz CT molecular complexity index is 629. The van der Waals surface area contributed by atoms with Gasteiger partial charge in [0.2, 0.25) is 0 Å². The zero-order valence-corrected chi connectivity index (χ0v) is 10.5. The van der Waals surface area contributed by atoms with E-state index < -0.39 is 24.9 Å². The predicted octanol–water partition coefficient (Wildman–Crippen LogP) is 4.77. The number of para-hydroxylation sites is 1. The molecule has 20 heavy (non-hydrogen) atoms. The van der Waals surface area contributed by atoms with E-state index in [1.54, 1.807) is 0 Å². The predicted molar refractivity (Wildman–Crippen MR) is 63.3 cm³/mol. The molecule has 0 aliphatic rings. The van der Waals surface area contributed by atoms with Gasteiger partial charge >= 0.3 is 6.18 Å². The molecule has 0 aliphatic heterocycles. The lowest BCUT2D eigenvalue weighted by Gasteiger charge is -2.12. The number of ether oxygens (including phenoxy) is 1. The summed E-state index contributed by atoms with van der Waals surface area (Å²) in [5, 5.41) is 0.221. The number of hydrogen-bond acceptors (Lipinski definition) is 2. The van der Waals surface area contributed by atoms with Crippen LogP contribution in [0.3, 0.4) is 0 Å². The van der Waals surface area contributed by atoms with Crippen LogP contribution in [0.4, 0.5) is 22.0 Å². The average molecular weight is 312 g/mol. The Morgan fingerprint density at radius 2 is 1.95 bits per heavy atom. The number of pyridine rings is 1. The van der Waals surface area contributed by atoms with Crippen molar-refractivity contribution in [3.05, 3.63) is 35.0 Å². The van der Waals surface area contributed by atoms with Crippen LogP contribution in [0.15, 0.2) is 24.3 Å². The number of halogens is 6. The molecule has 0 saturated carbocycles. The van der Waals surface area contributed by atoms with E-state index in [4.69, 9.17) is 11.6 Å². The van der Waals surface area contributed by atoms with E-state index in [1.165, 1.54) is 18.2 Å². The smallest absolute Gasteiger partial charge is 0.422 e. The molecule has 108 valence electrons. The monoisotopic (exact) mass is 311 g/mol. The van der Waals surface area contributed by atoms with Crippen LogP contribution in [0.25, 0.3) is 10.9 Å². The van der Waals surface area contributed by atoms with Crippen molar-refractivity contribution in [2.24, 2.45) is 0 Å². The molecule has 0 amide bonds. The third-order valence-corrected chi connectivity index (χ3v) is 2.70. The van der Waals surface area contributed by atoms with Crippen LogP contribution in [0, 0.1) is 0 Å². The molecule has 2 rings (SSSR count). The number of aromatic nitrogens is 1. The summed E-state index contributed by atoms with van der Waals surface area (Å²) in [6.45, 7) is -1.54. The van der Waals surface area contributed by atoms with Crippen LogP contribution >= 0.6 is 11.6 Å². The molecule has 2 nitrogen and oxygen atoms in total. The Kier molecular flexibility index (Phi) is 3.99. The standard InChI is InChI=1S/C12H7ClF5NO/c13-7-4-8(11(14)15)19-10-6(7)2-1-3-9(10)20-5-12(16,17)18/h1-4,11H,5H2. The fourth-order valence-electron chi connectivity index (χ4n) is 1.59. The van der Waals surface area contributed by atoms with Crippen molar-refractivity contribution in [2.75, 3.05) is 6.61 Å². The molecule has 0 radical (unpaired) electrons. The molecule has 0 N–H and O–H groups in total. The second-order valence-corrected chi connectivity index (χ2v) is 4.29. The largest absolute Gasteiger partial charge is 0.482 e. The van der Waals surface area contributed by atoms with Gasteiger partial charge in [-0.15, -0.1) is 0 Å². The Hall–Kier alpha value is -1.63. The van der Waals surface area contributed by atoms with Gasteiger partial charge in [0.15, 0.2) is 6.61 Å². The highest BCUT2D eigenvalue weighted by molar-refractivity contribution is 6.35. The fraction of sp³-hybridized carbons (Fsp3) is 0.250. The molecular formula is C12H7ClF5NO. The van der Waals surface area contributed by atoms with E-state index >= 15 is 0 Å². The van der Waals surface area contributed by atoms with E-state index in [0.29, 0.717) is 0 Å². The zero-order valence-electron chi connectivity index (χ0n) is 9.72. The third-order valence-electron chi connectivity index (χ3n) is 2.39. The number of benzene rings is 1. The number of fused-ring (bicyclic) bond motifs is 1. The molecule has 0 aliphatic carbocycles. The van der Waals surface area contributed by atoms with Gasteiger partial charge in [-0.05, 0) is 12.1 Å². The molecule has 1 heterocycles. The first-order valence-corrected chi connectivity index (χ1v) is 5.72. The van der Waals surface area contributed by atoms with Crippen molar-refractivity contribution in [1.82, 2.24) is 4.98 Å². The highest BCUT2D eigenvalue weighted by atomic mass is 35.5.